The van der Waals surface area contributed by atoms with Crippen molar-refractivity contribution in [2.75, 3.05) is 0 Å². The van der Waals surface area contributed by atoms with Crippen molar-refractivity contribution < 1.29 is 44.3 Å². The topological polar surface area (TPSA) is 54.4 Å². The molecule has 0 saturated carbocycles. The summed E-state index contributed by atoms with van der Waals surface area (Å²) >= 11 is 29.1. The first kappa shape index (κ1) is 63.1. The fourth-order valence-electron chi connectivity index (χ4n) is 0.403. The van der Waals surface area contributed by atoms with E-state index < -0.39 is 15.0 Å². The van der Waals surface area contributed by atoms with Crippen molar-refractivity contribution in [3.05, 3.63) is 0 Å². The van der Waals surface area contributed by atoms with Gasteiger partial charge in [0.1, 0.15) is 10.5 Å². The number of carboxylic acids is 1. The number of Topliss-reactive ketones (excluding diaryl/α,β-unsaturated/α-hetero) is 1. The number of thioether (sulfide) groups is 1. The number of thiocarbonyl (C=S) groups is 2. The second-order valence-electron chi connectivity index (χ2n) is 4.06. The van der Waals surface area contributed by atoms with Gasteiger partial charge in [0.15, 0.2) is 4.30 Å². The summed E-state index contributed by atoms with van der Waals surface area (Å²) in [5, 5.41) is 8.61. The van der Waals surface area contributed by atoms with E-state index in [1.54, 1.807) is 27.7 Å². The molecule has 1 N–H and O–H groups in total. The summed E-state index contributed by atoms with van der Waals surface area (Å²) in [6.07, 6.45) is 0. The van der Waals surface area contributed by atoms with E-state index in [0.29, 0.717) is 8.39 Å². The summed E-state index contributed by atoms with van der Waals surface area (Å²) in [6.45, 7) is 9.76. The molecule has 0 aromatic carbocycles. The number of carbonyl (C=O) groups excluding carboxylic acids is 1. The fraction of sp³-hybridized carbons (Fsp3) is 0.750. The molecule has 12 heteroatoms. The molecule has 0 aliphatic carbocycles. The second-order valence-corrected chi connectivity index (χ2v) is 10.2. The number of carbonyl (C=O) groups is 2. The van der Waals surface area contributed by atoms with Crippen LogP contribution >= 0.6 is 83.4 Å². The Hall–Kier alpha value is 2.05. The van der Waals surface area contributed by atoms with Crippen molar-refractivity contribution in [2.45, 2.75) is 80.3 Å². The van der Waals surface area contributed by atoms with Crippen LogP contribution < -0.4 is 29.6 Å². The van der Waals surface area contributed by atoms with Crippen molar-refractivity contribution in [2.24, 2.45) is 0 Å². The van der Waals surface area contributed by atoms with Crippen LogP contribution in [-0.4, -0.2) is 34.3 Å². The van der Waals surface area contributed by atoms with Crippen LogP contribution in [-0.2, 0) is 22.2 Å². The molecule has 0 heterocycles. The Labute approximate surface area is 238 Å². The SMILES string of the molecule is C.C.C.C.CC(=S)SC(C)(C)C(=O)O.CC(=S)[S-].CC(C)=O.Cl.ClC(Cl)Cl.[Na+]. The zero-order valence-electron chi connectivity index (χ0n) is 14.5. The fourth-order valence-corrected chi connectivity index (χ4v) is 1.83. The standard InChI is InChI=1S/C6H10O2S2.C3H6O.C2H4S2.CHCl3.4CH4.ClH.Na/c1-4(9)10-6(2,3)5(7)8;1-3(2)4;1-2(3)4;2-1(3)4;;;;;;/h1-3H3,(H,7,8);1-2H3;1H3,(H,3,4);1H;4*1H4;1H;/q;;;;;;;;;+1/p-1. The molecule has 0 amide bonds. The molecule has 172 valence electrons. The summed E-state index contributed by atoms with van der Waals surface area (Å²) in [5.41, 5.74) is 0. The second kappa shape index (κ2) is 39.5. The van der Waals surface area contributed by atoms with Gasteiger partial charge in [0, 0.05) is 4.20 Å². The molecule has 0 atom stereocenters. The average Bonchev–Trinajstić information content (AvgIpc) is 2.11. The number of alkyl halides is 3. The van der Waals surface area contributed by atoms with Gasteiger partial charge in [-0.15, -0.1) is 24.2 Å². The number of carboxylic acid groups (broad SMARTS) is 1. The number of aliphatic carboxylic acids is 1. The van der Waals surface area contributed by atoms with E-state index >= 15 is 0 Å². The van der Waals surface area contributed by atoms with Gasteiger partial charge in [0.05, 0.1) is 0 Å². The molecule has 0 fully saturated rings. The third kappa shape index (κ3) is 121. The summed E-state index contributed by atoms with van der Waals surface area (Å²) < 4.78 is -0.293. The Morgan fingerprint density at radius 2 is 1.11 bits per heavy atom. The normalized spacial score (nSPS) is 7.07. The number of rotatable bonds is 2. The first-order valence-electron chi connectivity index (χ1n) is 5.56. The monoisotopic (exact) mass is 568 g/mol. The summed E-state index contributed by atoms with van der Waals surface area (Å²) in [6, 6.07) is 0. The minimum absolute atomic E-state index is 0. The molecule has 0 aliphatic heterocycles. The summed E-state index contributed by atoms with van der Waals surface area (Å²) in [7, 11) is 0. The predicted molar refractivity (Wildman–Crippen MR) is 145 cm³/mol. The predicted octanol–water partition coefficient (Wildman–Crippen LogP) is 5.36. The van der Waals surface area contributed by atoms with Gasteiger partial charge in [0.2, 0.25) is 0 Å². The van der Waals surface area contributed by atoms with Gasteiger partial charge in [-0.2, -0.15) is 4.20 Å². The Balaban J connectivity index is -0.0000000197. The molecule has 28 heavy (non-hydrogen) atoms. The molecule has 0 rings (SSSR count). The van der Waals surface area contributed by atoms with Crippen molar-refractivity contribution in [1.29, 1.82) is 0 Å². The molecule has 0 saturated heterocycles. The largest absolute Gasteiger partial charge is 1.00 e. The summed E-state index contributed by atoms with van der Waals surface area (Å²) in [5.74, 6) is -0.665. The number of ketones is 1. The molecular formula is C16H37Cl4NaO3S4. The minimum atomic E-state index is -0.832. The quantitative estimate of drug-likeness (QED) is 0.208. The molecule has 0 aliphatic rings. The van der Waals surface area contributed by atoms with E-state index in [0.717, 1.165) is 0 Å². The van der Waals surface area contributed by atoms with Crippen molar-refractivity contribution in [1.82, 2.24) is 0 Å². The molecule has 0 radical (unpaired) electrons. The van der Waals surface area contributed by atoms with Crippen LogP contribution in [0, 0.1) is 0 Å². The van der Waals surface area contributed by atoms with E-state index in [9.17, 15) is 9.59 Å². The van der Waals surface area contributed by atoms with E-state index in [1.807, 2.05) is 0 Å². The average molecular weight is 571 g/mol. The third-order valence-electron chi connectivity index (χ3n) is 0.914. The number of hydrogen-bond acceptors (Lipinski definition) is 6. The first-order chi connectivity index (χ1) is 9.56. The van der Waals surface area contributed by atoms with E-state index in [-0.39, 0.29) is 77.5 Å². The van der Waals surface area contributed by atoms with Crippen LogP contribution in [0.3, 0.4) is 0 Å². The Morgan fingerprint density at radius 1 is 0.964 bits per heavy atom. The van der Waals surface area contributed by atoms with Gasteiger partial charge in [0.25, 0.3) is 0 Å². The van der Waals surface area contributed by atoms with E-state index in [2.05, 4.69) is 24.8 Å². The van der Waals surface area contributed by atoms with Gasteiger partial charge in [-0.25, -0.2) is 0 Å². The maximum absolute atomic E-state index is 10.5. The van der Waals surface area contributed by atoms with Crippen molar-refractivity contribution in [3.63, 3.8) is 0 Å². The van der Waals surface area contributed by atoms with Gasteiger partial charge in [-0.1, -0.05) is 83.7 Å². The van der Waals surface area contributed by atoms with Crippen LogP contribution in [0.25, 0.3) is 0 Å². The first-order valence-corrected chi connectivity index (χ1v) is 8.91. The maximum Gasteiger partial charge on any atom is 1.00 e. The van der Waals surface area contributed by atoms with Crippen LogP contribution in [0.5, 0.6) is 0 Å². The van der Waals surface area contributed by atoms with E-state index in [1.165, 1.54) is 25.6 Å². The van der Waals surface area contributed by atoms with Gasteiger partial charge in [-0.05, 0) is 34.6 Å². The zero-order chi connectivity index (χ0) is 19.1. The smallest absolute Gasteiger partial charge is 0.480 e. The Bertz CT molecular complexity index is 351. The Kier molecular flexibility index (Phi) is 89.0. The molecular weight excluding hydrogens is 533 g/mol. The minimum Gasteiger partial charge on any atom is -0.480 e. The third-order valence-corrected chi connectivity index (χ3v) is 2.14. The van der Waals surface area contributed by atoms with Gasteiger partial charge < -0.3 is 34.7 Å². The molecule has 0 aromatic rings. The molecule has 0 aromatic heterocycles. The van der Waals surface area contributed by atoms with Crippen molar-refractivity contribution in [3.8, 4) is 0 Å². The molecule has 0 bridgehead atoms. The number of hydrogen-bond donors (Lipinski definition) is 1. The number of halogens is 4. The zero-order valence-corrected chi connectivity index (χ0v) is 22.9. The van der Waals surface area contributed by atoms with Gasteiger partial charge in [-0.3, -0.25) is 4.79 Å². The van der Waals surface area contributed by atoms with Crippen LogP contribution in [0.2, 0.25) is 0 Å². The molecule has 0 spiro atoms. The Morgan fingerprint density at radius 3 is 1.14 bits per heavy atom. The van der Waals surface area contributed by atoms with Crippen LogP contribution in [0.4, 0.5) is 0 Å². The van der Waals surface area contributed by atoms with Gasteiger partial charge >= 0.3 is 35.5 Å². The van der Waals surface area contributed by atoms with E-state index in [4.69, 9.17) is 52.1 Å². The summed E-state index contributed by atoms with van der Waals surface area (Å²) in [4.78, 5) is 19.9. The molecule has 0 unspecified atom stereocenters. The van der Waals surface area contributed by atoms with Crippen LogP contribution in [0.1, 0.15) is 71.2 Å². The van der Waals surface area contributed by atoms with Crippen molar-refractivity contribution >= 4 is 116 Å². The van der Waals surface area contributed by atoms with Crippen LogP contribution in [0.15, 0.2) is 0 Å². The maximum atomic E-state index is 10.5. The molecule has 3 nitrogen and oxygen atoms in total.